The molecule has 2 nitrogen and oxygen atoms in total. The van der Waals surface area contributed by atoms with Gasteiger partial charge in [0.05, 0.1) is 26.4 Å². The highest BCUT2D eigenvalue weighted by atomic mass is 16.5. The minimum Gasteiger partial charge on any atom is -0.376 e. The van der Waals surface area contributed by atoms with E-state index in [9.17, 15) is 0 Å². The molecule has 0 fully saturated rings. The Morgan fingerprint density at radius 3 is 1.33 bits per heavy atom. The summed E-state index contributed by atoms with van der Waals surface area (Å²) in [4.78, 5) is 0. The maximum absolute atomic E-state index is 6.34. The lowest BCUT2D eigenvalue weighted by Gasteiger charge is -2.34. The molecule has 0 spiro atoms. The van der Waals surface area contributed by atoms with Crippen molar-refractivity contribution in [3.63, 3.8) is 0 Å². The minimum absolute atomic E-state index is 0.188. The van der Waals surface area contributed by atoms with Gasteiger partial charge in [-0.1, -0.05) is 115 Å². The summed E-state index contributed by atoms with van der Waals surface area (Å²) < 4.78 is 12.7. The van der Waals surface area contributed by atoms with Crippen LogP contribution >= 0.6 is 0 Å². The van der Waals surface area contributed by atoms with Crippen LogP contribution < -0.4 is 0 Å². The van der Waals surface area contributed by atoms with E-state index >= 15 is 0 Å². The summed E-state index contributed by atoms with van der Waals surface area (Å²) in [6, 6.07) is 42.8. The minimum atomic E-state index is -0.188. The first kappa shape index (κ1) is 23.0. The van der Waals surface area contributed by atoms with Gasteiger partial charge < -0.3 is 9.47 Å². The van der Waals surface area contributed by atoms with Crippen molar-refractivity contribution >= 4 is 0 Å². The quantitative estimate of drug-likeness (QED) is 0.247. The third kappa shape index (κ3) is 7.42. The molecule has 0 aliphatic carbocycles. The van der Waals surface area contributed by atoms with Crippen molar-refractivity contribution in [2.75, 3.05) is 13.2 Å². The predicted molar refractivity (Wildman–Crippen MR) is 134 cm³/mol. The van der Waals surface area contributed by atoms with E-state index in [4.69, 9.17) is 9.47 Å². The van der Waals surface area contributed by atoms with Crippen LogP contribution in [0.3, 0.4) is 0 Å². The summed E-state index contributed by atoms with van der Waals surface area (Å²) in [5.74, 6) is 0. The van der Waals surface area contributed by atoms with Crippen LogP contribution in [0.2, 0.25) is 0 Å². The van der Waals surface area contributed by atoms with Crippen LogP contribution in [0.25, 0.3) is 0 Å². The molecule has 0 atom stereocenters. The van der Waals surface area contributed by atoms with E-state index in [2.05, 4.69) is 97.1 Å². The molecule has 167 valence electrons. The van der Waals surface area contributed by atoms with E-state index in [1.54, 1.807) is 0 Å². The fourth-order valence-corrected chi connectivity index (χ4v) is 4.23. The molecule has 0 unspecified atom stereocenters. The molecule has 2 heteroatoms. The second-order valence-electron chi connectivity index (χ2n) is 8.70. The van der Waals surface area contributed by atoms with Gasteiger partial charge in [0.25, 0.3) is 0 Å². The first-order chi connectivity index (χ1) is 16.3. The number of hydrogen-bond donors (Lipinski definition) is 0. The lowest BCUT2D eigenvalue weighted by molar-refractivity contribution is -0.0331. The molecule has 0 aromatic heterocycles. The zero-order chi connectivity index (χ0) is 22.6. The van der Waals surface area contributed by atoms with Gasteiger partial charge in [-0.05, 0) is 41.2 Å². The first-order valence-electron chi connectivity index (χ1n) is 11.5. The molecule has 0 saturated heterocycles. The highest BCUT2D eigenvalue weighted by Gasteiger charge is 2.32. The number of rotatable bonds is 12. The summed E-state index contributed by atoms with van der Waals surface area (Å²) >= 11 is 0. The van der Waals surface area contributed by atoms with Crippen molar-refractivity contribution < 1.29 is 9.47 Å². The van der Waals surface area contributed by atoms with Crippen LogP contribution in [-0.4, -0.2) is 13.2 Å². The van der Waals surface area contributed by atoms with Crippen LogP contribution in [0.5, 0.6) is 0 Å². The summed E-state index contributed by atoms with van der Waals surface area (Å²) in [6.07, 6.45) is 1.76. The Bertz CT molecular complexity index is 958. The molecule has 0 saturated carbocycles. The van der Waals surface area contributed by atoms with Crippen LogP contribution in [0.15, 0.2) is 115 Å². The maximum Gasteiger partial charge on any atom is 0.0717 e. The molecular weight excluding hydrogens is 404 g/mol. The summed E-state index contributed by atoms with van der Waals surface area (Å²) in [6.45, 7) is 2.42. The molecule has 1 radical (unpaired) electrons. The third-order valence-electron chi connectivity index (χ3n) is 5.83. The number of benzene rings is 4. The topological polar surface area (TPSA) is 18.5 Å². The Morgan fingerprint density at radius 1 is 0.485 bits per heavy atom. The number of hydrogen-bond acceptors (Lipinski definition) is 2. The van der Waals surface area contributed by atoms with Gasteiger partial charge in [0.1, 0.15) is 0 Å². The van der Waals surface area contributed by atoms with Gasteiger partial charge in [0.2, 0.25) is 0 Å². The van der Waals surface area contributed by atoms with E-state index in [1.165, 1.54) is 22.3 Å². The monoisotopic (exact) mass is 435 g/mol. The largest absolute Gasteiger partial charge is 0.376 e. The summed E-state index contributed by atoms with van der Waals surface area (Å²) in [5.41, 5.74) is 4.76. The van der Waals surface area contributed by atoms with Crippen LogP contribution in [-0.2, 0) is 35.5 Å². The van der Waals surface area contributed by atoms with Gasteiger partial charge in [-0.2, -0.15) is 0 Å². The van der Waals surface area contributed by atoms with Crippen molar-refractivity contribution in [1.82, 2.24) is 0 Å². The highest BCUT2D eigenvalue weighted by Crippen LogP contribution is 2.30. The highest BCUT2D eigenvalue weighted by molar-refractivity contribution is 5.21. The molecule has 0 aliphatic heterocycles. The van der Waals surface area contributed by atoms with Gasteiger partial charge >= 0.3 is 0 Å². The van der Waals surface area contributed by atoms with Crippen molar-refractivity contribution in [3.05, 3.63) is 144 Å². The first-order valence-corrected chi connectivity index (χ1v) is 11.5. The fraction of sp³-hybridized carbons (Fsp3) is 0.226. The SMILES string of the molecule is [c]1ccc(CC(COCc2ccccc2)(COCc2ccccc2)Cc2ccccc2)cc1. The average molecular weight is 436 g/mol. The molecule has 0 bridgehead atoms. The van der Waals surface area contributed by atoms with E-state index in [0.29, 0.717) is 26.4 Å². The van der Waals surface area contributed by atoms with E-state index in [1.807, 2.05) is 24.3 Å². The molecule has 33 heavy (non-hydrogen) atoms. The molecular formula is C31H31O2. The number of ether oxygens (including phenoxy) is 2. The molecule has 4 aromatic carbocycles. The van der Waals surface area contributed by atoms with Crippen molar-refractivity contribution in [1.29, 1.82) is 0 Å². The zero-order valence-electron chi connectivity index (χ0n) is 19.0. The normalized spacial score (nSPS) is 11.4. The van der Waals surface area contributed by atoms with Crippen molar-refractivity contribution in [2.45, 2.75) is 26.1 Å². The van der Waals surface area contributed by atoms with E-state index < -0.39 is 0 Å². The molecule has 4 aromatic rings. The predicted octanol–water partition coefficient (Wildman–Crippen LogP) is 6.69. The van der Waals surface area contributed by atoms with Gasteiger partial charge in [0.15, 0.2) is 0 Å². The lowest BCUT2D eigenvalue weighted by atomic mass is 9.77. The smallest absolute Gasteiger partial charge is 0.0717 e. The van der Waals surface area contributed by atoms with Crippen molar-refractivity contribution in [3.8, 4) is 0 Å². The van der Waals surface area contributed by atoms with E-state index in [-0.39, 0.29) is 5.41 Å². The van der Waals surface area contributed by atoms with Crippen LogP contribution in [0, 0.1) is 11.5 Å². The van der Waals surface area contributed by atoms with Gasteiger partial charge in [-0.3, -0.25) is 0 Å². The fourth-order valence-electron chi connectivity index (χ4n) is 4.23. The Morgan fingerprint density at radius 2 is 0.879 bits per heavy atom. The Kier molecular flexibility index (Phi) is 8.46. The Hall–Kier alpha value is -3.20. The maximum atomic E-state index is 6.34. The average Bonchev–Trinajstić information content (AvgIpc) is 2.87. The summed E-state index contributed by atoms with van der Waals surface area (Å²) in [7, 11) is 0. The van der Waals surface area contributed by atoms with Gasteiger partial charge in [0, 0.05) is 5.41 Å². The molecule has 0 N–H and O–H groups in total. The van der Waals surface area contributed by atoms with Crippen molar-refractivity contribution in [2.24, 2.45) is 5.41 Å². The third-order valence-corrected chi connectivity index (χ3v) is 5.83. The standard InChI is InChI=1S/C31H31O2/c1-5-13-27(14-6-1)21-31(22-28-15-7-2-8-16-28,25-32-23-29-17-9-3-10-18-29)26-33-24-30-19-11-4-12-20-30/h1,3-20H,21-26H2. The Balaban J connectivity index is 1.54. The second kappa shape index (κ2) is 12.2. The summed E-state index contributed by atoms with van der Waals surface area (Å²) in [5, 5.41) is 0. The Labute approximate surface area is 197 Å². The molecule has 4 rings (SSSR count). The molecule has 0 aliphatic rings. The van der Waals surface area contributed by atoms with Crippen LogP contribution in [0.4, 0.5) is 0 Å². The molecule has 0 heterocycles. The van der Waals surface area contributed by atoms with Gasteiger partial charge in [-0.25, -0.2) is 0 Å². The lowest BCUT2D eigenvalue weighted by Crippen LogP contribution is -2.37. The van der Waals surface area contributed by atoms with Crippen LogP contribution in [0.1, 0.15) is 22.3 Å². The molecule has 0 amide bonds. The van der Waals surface area contributed by atoms with E-state index in [0.717, 1.165) is 12.8 Å². The second-order valence-corrected chi connectivity index (χ2v) is 8.70. The zero-order valence-corrected chi connectivity index (χ0v) is 19.0. The van der Waals surface area contributed by atoms with Gasteiger partial charge in [-0.15, -0.1) is 0 Å².